The molecule has 1 heterocycles. The van der Waals surface area contributed by atoms with E-state index in [1.165, 1.54) is 25.0 Å². The molecular formula is C33H53NO5. The molecule has 220 valence electrons. The van der Waals surface area contributed by atoms with Crippen molar-refractivity contribution >= 4 is 17.7 Å². The van der Waals surface area contributed by atoms with Crippen LogP contribution >= 0.6 is 0 Å². The van der Waals surface area contributed by atoms with Crippen LogP contribution in [-0.2, 0) is 14.3 Å². The number of hydrogen-bond acceptors (Lipinski definition) is 5. The summed E-state index contributed by atoms with van der Waals surface area (Å²) in [6.45, 7) is 9.72. The van der Waals surface area contributed by atoms with E-state index in [9.17, 15) is 19.8 Å². The molecule has 4 fully saturated rings. The first kappa shape index (κ1) is 29.1. The van der Waals surface area contributed by atoms with Gasteiger partial charge in [0.15, 0.2) is 0 Å². The number of rotatable bonds is 8. The van der Waals surface area contributed by atoms with Crippen molar-refractivity contribution in [2.75, 3.05) is 6.54 Å². The Morgan fingerprint density at radius 2 is 1.85 bits per heavy atom. The molecule has 0 aromatic heterocycles. The minimum Gasteiger partial charge on any atom is -0.481 e. The number of nitrogens with zero attached hydrogens (tertiary/aromatic N) is 1. The van der Waals surface area contributed by atoms with Gasteiger partial charge >= 0.3 is 11.9 Å². The highest BCUT2D eigenvalue weighted by Gasteiger charge is 2.64. The second-order valence-electron chi connectivity index (χ2n) is 14.8. The van der Waals surface area contributed by atoms with Crippen molar-refractivity contribution in [2.45, 2.75) is 136 Å². The third kappa shape index (κ3) is 5.57. The number of aliphatic carboxylic acids is 1. The van der Waals surface area contributed by atoms with Crippen LogP contribution < -0.4 is 0 Å². The zero-order valence-corrected chi connectivity index (χ0v) is 24.9. The third-order valence-electron chi connectivity index (χ3n) is 12.8. The van der Waals surface area contributed by atoms with E-state index >= 15 is 0 Å². The Hall–Kier alpha value is -1.43. The average Bonchev–Trinajstić information content (AvgIpc) is 3.25. The Balaban J connectivity index is 1.35. The van der Waals surface area contributed by atoms with Gasteiger partial charge in [0.2, 0.25) is 0 Å². The van der Waals surface area contributed by atoms with Crippen LogP contribution in [0.4, 0.5) is 0 Å². The number of aliphatic hydroxyl groups is 1. The van der Waals surface area contributed by atoms with Gasteiger partial charge in [-0.15, -0.1) is 0 Å². The lowest BCUT2D eigenvalue weighted by atomic mass is 9.42. The summed E-state index contributed by atoms with van der Waals surface area (Å²) >= 11 is 0. The predicted octanol–water partition coefficient (Wildman–Crippen LogP) is 6.82. The first-order chi connectivity index (χ1) is 18.4. The van der Waals surface area contributed by atoms with E-state index in [0.717, 1.165) is 77.2 Å². The van der Waals surface area contributed by atoms with Crippen molar-refractivity contribution in [3.8, 4) is 0 Å². The van der Waals surface area contributed by atoms with Crippen molar-refractivity contribution in [2.24, 2.45) is 51.3 Å². The highest BCUT2D eigenvalue weighted by molar-refractivity contribution is 5.85. The number of carbonyl (C=O) groups excluding carboxylic acids is 1. The van der Waals surface area contributed by atoms with Crippen molar-refractivity contribution in [3.63, 3.8) is 0 Å². The van der Waals surface area contributed by atoms with E-state index < -0.39 is 11.6 Å². The van der Waals surface area contributed by atoms with Crippen molar-refractivity contribution in [1.29, 1.82) is 0 Å². The van der Waals surface area contributed by atoms with Gasteiger partial charge in [-0.25, -0.2) is 0 Å². The molecule has 0 unspecified atom stereocenters. The molecule has 6 nitrogen and oxygen atoms in total. The maximum Gasteiger partial charge on any atom is 0.303 e. The SMILES string of the molecule is CC(=O)O[C@@H]1C[C@@H]2C[C@@](O)(CCC3=NCCCC3)CC[C@]2(C)[C@H]2CC[C@]3(C)[C@@H]([C@H](C)CCC(=O)O)CC[C@H]3[C@H]12. The third-order valence-corrected chi connectivity index (χ3v) is 12.8. The van der Waals surface area contributed by atoms with E-state index in [0.29, 0.717) is 35.5 Å². The summed E-state index contributed by atoms with van der Waals surface area (Å²) in [5.74, 6) is 1.81. The summed E-state index contributed by atoms with van der Waals surface area (Å²) < 4.78 is 6.19. The van der Waals surface area contributed by atoms with E-state index in [2.05, 4.69) is 20.8 Å². The molecular weight excluding hydrogens is 490 g/mol. The second kappa shape index (κ2) is 11.1. The average molecular weight is 544 g/mol. The largest absolute Gasteiger partial charge is 0.481 e. The molecule has 0 radical (unpaired) electrons. The molecule has 5 aliphatic rings. The standard InChI is InChI=1S/C33H53NO5/c1-21(8-11-29(36)37)25-9-10-26-30-27(13-14-32(25,26)4)31(3)16-17-33(38,15-12-24-7-5-6-18-34-24)20-23(31)19-28(30)39-22(2)35/h21,23,25-28,30,38H,5-20H2,1-4H3,(H,36,37)/t21-,23-,25-,26+,27+,28-,30+,31+,32-,33-/m1/s1. The molecule has 4 saturated carbocycles. The van der Waals surface area contributed by atoms with E-state index in [1.807, 2.05) is 0 Å². The Morgan fingerprint density at radius 1 is 1.08 bits per heavy atom. The predicted molar refractivity (Wildman–Crippen MR) is 153 cm³/mol. The Kier molecular flexibility index (Phi) is 8.27. The van der Waals surface area contributed by atoms with Gasteiger partial charge in [0.05, 0.1) is 5.60 Å². The second-order valence-corrected chi connectivity index (χ2v) is 14.8. The summed E-state index contributed by atoms with van der Waals surface area (Å²) in [6.07, 6.45) is 14.4. The molecule has 6 heteroatoms. The number of aliphatic imine (C=N–C) groups is 1. The monoisotopic (exact) mass is 543 g/mol. The van der Waals surface area contributed by atoms with Crippen LogP contribution in [0.5, 0.6) is 0 Å². The number of esters is 1. The van der Waals surface area contributed by atoms with Gasteiger partial charge < -0.3 is 14.9 Å². The molecule has 0 bridgehead atoms. The molecule has 4 aliphatic carbocycles. The molecule has 10 atom stereocenters. The number of carboxylic acid groups (broad SMARTS) is 1. The van der Waals surface area contributed by atoms with Gasteiger partial charge in [0.25, 0.3) is 0 Å². The normalized spacial score (nSPS) is 44.4. The minimum absolute atomic E-state index is 0.0756. The topological polar surface area (TPSA) is 96.2 Å². The van der Waals surface area contributed by atoms with Gasteiger partial charge in [-0.2, -0.15) is 0 Å². The quantitative estimate of drug-likeness (QED) is 0.327. The van der Waals surface area contributed by atoms with Crippen LogP contribution in [0.1, 0.15) is 124 Å². The lowest BCUT2D eigenvalue weighted by Crippen LogP contribution is -2.60. The van der Waals surface area contributed by atoms with Crippen LogP contribution in [0.25, 0.3) is 0 Å². The zero-order valence-electron chi connectivity index (χ0n) is 24.9. The highest BCUT2D eigenvalue weighted by Crippen LogP contribution is 2.69. The maximum absolute atomic E-state index is 12.4. The fourth-order valence-corrected chi connectivity index (χ4v) is 10.7. The van der Waals surface area contributed by atoms with Crippen LogP contribution in [0.2, 0.25) is 0 Å². The van der Waals surface area contributed by atoms with Crippen molar-refractivity contribution in [1.82, 2.24) is 0 Å². The van der Waals surface area contributed by atoms with Crippen molar-refractivity contribution in [3.05, 3.63) is 0 Å². The Labute approximate surface area is 235 Å². The highest BCUT2D eigenvalue weighted by atomic mass is 16.5. The van der Waals surface area contributed by atoms with Crippen LogP contribution in [0, 0.1) is 46.3 Å². The molecule has 1 aliphatic heterocycles. The molecule has 39 heavy (non-hydrogen) atoms. The van der Waals surface area contributed by atoms with Gasteiger partial charge in [0, 0.05) is 31.5 Å². The number of hydrogen-bond donors (Lipinski definition) is 2. The molecule has 5 rings (SSSR count). The molecule has 0 spiro atoms. The van der Waals surface area contributed by atoms with Crippen molar-refractivity contribution < 1.29 is 24.5 Å². The summed E-state index contributed by atoms with van der Waals surface area (Å²) in [6, 6.07) is 0. The fourth-order valence-electron chi connectivity index (χ4n) is 10.7. The summed E-state index contributed by atoms with van der Waals surface area (Å²) in [5.41, 5.74) is 1.00. The number of carbonyl (C=O) groups is 2. The van der Waals surface area contributed by atoms with Gasteiger partial charge in [0.1, 0.15) is 6.10 Å². The van der Waals surface area contributed by atoms with Crippen LogP contribution in [0.3, 0.4) is 0 Å². The van der Waals surface area contributed by atoms with Crippen LogP contribution in [0.15, 0.2) is 4.99 Å². The molecule has 0 amide bonds. The molecule has 0 saturated heterocycles. The Morgan fingerprint density at radius 3 is 2.54 bits per heavy atom. The first-order valence-electron chi connectivity index (χ1n) is 16.1. The number of fused-ring (bicyclic) bond motifs is 5. The first-order valence-corrected chi connectivity index (χ1v) is 16.1. The van der Waals surface area contributed by atoms with Gasteiger partial charge in [-0.3, -0.25) is 14.6 Å². The summed E-state index contributed by atoms with van der Waals surface area (Å²) in [4.78, 5) is 28.4. The zero-order chi connectivity index (χ0) is 28.0. The number of ether oxygens (including phenoxy) is 1. The lowest BCUT2D eigenvalue weighted by molar-refractivity contribution is -0.203. The summed E-state index contributed by atoms with van der Waals surface area (Å²) in [7, 11) is 0. The minimum atomic E-state index is -0.699. The van der Waals surface area contributed by atoms with E-state index in [-0.39, 0.29) is 29.3 Å². The molecule has 0 aromatic rings. The van der Waals surface area contributed by atoms with E-state index in [1.54, 1.807) is 6.92 Å². The van der Waals surface area contributed by atoms with Gasteiger partial charge in [-0.05, 0) is 130 Å². The Bertz CT molecular complexity index is 964. The summed E-state index contributed by atoms with van der Waals surface area (Å²) in [5, 5.41) is 21.1. The van der Waals surface area contributed by atoms with Gasteiger partial charge in [-0.1, -0.05) is 20.8 Å². The fraction of sp³-hybridized carbons (Fsp3) is 0.909. The lowest BCUT2D eigenvalue weighted by Gasteiger charge is -2.63. The molecule has 0 aromatic carbocycles. The maximum atomic E-state index is 12.4. The molecule has 2 N–H and O–H groups in total. The smallest absolute Gasteiger partial charge is 0.303 e. The number of carboxylic acids is 1. The van der Waals surface area contributed by atoms with E-state index in [4.69, 9.17) is 9.73 Å². The van der Waals surface area contributed by atoms with Crippen LogP contribution in [-0.4, -0.2) is 46.1 Å².